The summed E-state index contributed by atoms with van der Waals surface area (Å²) < 4.78 is 18.2. The van der Waals surface area contributed by atoms with Crippen LogP contribution in [0.2, 0.25) is 0 Å². The number of ketones is 1. The van der Waals surface area contributed by atoms with E-state index in [0.29, 0.717) is 16.9 Å². The summed E-state index contributed by atoms with van der Waals surface area (Å²) in [6.45, 7) is 1.45. The lowest BCUT2D eigenvalue weighted by Crippen LogP contribution is -2.42. The summed E-state index contributed by atoms with van der Waals surface area (Å²) in [4.78, 5) is 34.4. The van der Waals surface area contributed by atoms with Gasteiger partial charge in [-0.2, -0.15) is 0 Å². The van der Waals surface area contributed by atoms with Crippen molar-refractivity contribution < 1.29 is 23.5 Å². The van der Waals surface area contributed by atoms with Gasteiger partial charge in [-0.05, 0) is 55.5 Å². The minimum atomic E-state index is -0.962. The highest BCUT2D eigenvalue weighted by molar-refractivity contribution is 6.09. The van der Waals surface area contributed by atoms with Gasteiger partial charge < -0.3 is 10.5 Å². The molecule has 2 rings (SSSR count). The molecule has 0 saturated heterocycles. The fourth-order valence-electron chi connectivity index (χ4n) is 1.93. The number of benzene rings is 2. The molecular formula is C17H15FN2O4. The second-order valence-corrected chi connectivity index (χ2v) is 4.97. The Balaban J connectivity index is 2.05. The molecule has 0 heterocycles. The minimum Gasteiger partial charge on any atom is -0.481 e. The molecule has 0 aliphatic rings. The maximum Gasteiger partial charge on any atom is 0.318 e. The van der Waals surface area contributed by atoms with Crippen LogP contribution in [0.1, 0.15) is 22.8 Å². The van der Waals surface area contributed by atoms with Gasteiger partial charge in [-0.15, -0.1) is 0 Å². The van der Waals surface area contributed by atoms with E-state index in [1.54, 1.807) is 0 Å². The highest BCUT2D eigenvalue weighted by Crippen LogP contribution is 2.17. The van der Waals surface area contributed by atoms with E-state index in [1.165, 1.54) is 55.5 Å². The van der Waals surface area contributed by atoms with Gasteiger partial charge in [0, 0.05) is 11.1 Å². The molecule has 7 heteroatoms. The summed E-state index contributed by atoms with van der Waals surface area (Å²) in [7, 11) is 0. The number of hydrogen-bond donors (Lipinski definition) is 2. The van der Waals surface area contributed by atoms with Gasteiger partial charge in [-0.25, -0.2) is 9.18 Å². The molecule has 6 nitrogen and oxygen atoms in total. The van der Waals surface area contributed by atoms with Crippen molar-refractivity contribution in [1.82, 2.24) is 5.32 Å². The Kier molecular flexibility index (Phi) is 5.26. The van der Waals surface area contributed by atoms with Crippen molar-refractivity contribution >= 4 is 17.7 Å². The molecule has 0 saturated carbocycles. The monoisotopic (exact) mass is 330 g/mol. The summed E-state index contributed by atoms with van der Waals surface area (Å²) in [5.41, 5.74) is 5.61. The Morgan fingerprint density at radius 2 is 1.50 bits per heavy atom. The summed E-state index contributed by atoms with van der Waals surface area (Å²) in [5, 5.41) is 1.91. The Bertz CT molecular complexity index is 757. The predicted molar refractivity (Wildman–Crippen MR) is 84.1 cm³/mol. The molecule has 3 N–H and O–H groups in total. The van der Waals surface area contributed by atoms with Crippen molar-refractivity contribution in [1.29, 1.82) is 0 Å². The zero-order valence-corrected chi connectivity index (χ0v) is 12.8. The van der Waals surface area contributed by atoms with Crippen LogP contribution >= 0.6 is 0 Å². The normalized spacial score (nSPS) is 11.4. The average Bonchev–Trinajstić information content (AvgIpc) is 2.55. The maximum absolute atomic E-state index is 12.9. The summed E-state index contributed by atoms with van der Waals surface area (Å²) in [5.74, 6) is -1.01. The van der Waals surface area contributed by atoms with Crippen LogP contribution in [0, 0.1) is 5.82 Å². The first-order chi connectivity index (χ1) is 11.4. The van der Waals surface area contributed by atoms with E-state index < -0.39 is 23.9 Å². The van der Waals surface area contributed by atoms with Gasteiger partial charge in [0.2, 0.25) is 0 Å². The smallest absolute Gasteiger partial charge is 0.318 e. The molecule has 0 radical (unpaired) electrons. The number of nitrogens with one attached hydrogen (secondary N) is 1. The number of halogens is 1. The molecular weight excluding hydrogens is 315 g/mol. The van der Waals surface area contributed by atoms with Gasteiger partial charge in [0.05, 0.1) is 0 Å². The fraction of sp³-hybridized carbons (Fsp3) is 0.118. The Hall–Kier alpha value is -3.22. The third-order valence-electron chi connectivity index (χ3n) is 3.15. The number of rotatable bonds is 5. The summed E-state index contributed by atoms with van der Waals surface area (Å²) in [6, 6.07) is 10.4. The van der Waals surface area contributed by atoms with Crippen molar-refractivity contribution in [2.24, 2.45) is 5.73 Å². The van der Waals surface area contributed by atoms with E-state index in [2.05, 4.69) is 0 Å². The zero-order chi connectivity index (χ0) is 17.7. The number of amides is 3. The van der Waals surface area contributed by atoms with Crippen LogP contribution in [0.15, 0.2) is 48.5 Å². The van der Waals surface area contributed by atoms with E-state index in [9.17, 15) is 18.8 Å². The highest BCUT2D eigenvalue weighted by Gasteiger charge is 2.16. The van der Waals surface area contributed by atoms with E-state index in [0.717, 1.165) is 0 Å². The average molecular weight is 330 g/mol. The van der Waals surface area contributed by atoms with E-state index in [4.69, 9.17) is 10.5 Å². The van der Waals surface area contributed by atoms with Crippen molar-refractivity contribution in [3.8, 4) is 5.75 Å². The SMILES string of the molecule is C[C@@H](Oc1ccc(C(=O)c2ccc(F)cc2)cc1)C(=O)NC(N)=O. The molecule has 0 fully saturated rings. The van der Waals surface area contributed by atoms with E-state index in [1.807, 2.05) is 5.32 Å². The molecule has 1 atom stereocenters. The Labute approximate surface area is 137 Å². The number of carbonyl (C=O) groups excluding carboxylic acids is 3. The number of imide groups is 1. The standard InChI is InChI=1S/C17H15FN2O4/c1-10(16(22)20-17(19)23)24-14-8-4-12(5-9-14)15(21)11-2-6-13(18)7-3-11/h2-10H,1H3,(H3,19,20,22,23)/t10-/m1/s1. The topological polar surface area (TPSA) is 98.5 Å². The number of primary amides is 1. The van der Waals surface area contributed by atoms with Crippen molar-refractivity contribution in [2.75, 3.05) is 0 Å². The van der Waals surface area contributed by atoms with Crippen LogP contribution in [0.4, 0.5) is 9.18 Å². The maximum atomic E-state index is 12.9. The number of urea groups is 1. The van der Waals surface area contributed by atoms with Crippen LogP contribution in [0.5, 0.6) is 5.75 Å². The molecule has 124 valence electrons. The first kappa shape index (κ1) is 17.1. The van der Waals surface area contributed by atoms with Crippen molar-refractivity contribution in [3.05, 3.63) is 65.5 Å². The third-order valence-corrected chi connectivity index (χ3v) is 3.15. The van der Waals surface area contributed by atoms with Crippen LogP contribution in [0.3, 0.4) is 0 Å². The fourth-order valence-corrected chi connectivity index (χ4v) is 1.93. The molecule has 2 aromatic carbocycles. The van der Waals surface area contributed by atoms with Gasteiger partial charge in [-0.3, -0.25) is 14.9 Å². The lowest BCUT2D eigenvalue weighted by atomic mass is 10.0. The molecule has 24 heavy (non-hydrogen) atoms. The Morgan fingerprint density at radius 3 is 2.00 bits per heavy atom. The molecule has 0 spiro atoms. The molecule has 3 amide bonds. The second kappa shape index (κ2) is 7.36. The highest BCUT2D eigenvalue weighted by atomic mass is 19.1. The lowest BCUT2D eigenvalue weighted by molar-refractivity contribution is -0.126. The molecule has 0 aromatic heterocycles. The second-order valence-electron chi connectivity index (χ2n) is 4.97. The number of carbonyl (C=O) groups is 3. The Morgan fingerprint density at radius 1 is 1.00 bits per heavy atom. The summed E-state index contributed by atoms with van der Waals surface area (Å²) >= 11 is 0. The molecule has 0 bridgehead atoms. The lowest BCUT2D eigenvalue weighted by Gasteiger charge is -2.13. The van der Waals surface area contributed by atoms with Crippen molar-refractivity contribution in [3.63, 3.8) is 0 Å². The zero-order valence-electron chi connectivity index (χ0n) is 12.8. The van der Waals surface area contributed by atoms with E-state index in [-0.39, 0.29) is 5.78 Å². The molecule has 2 aromatic rings. The predicted octanol–water partition coefficient (Wildman–Crippen LogP) is 2.02. The first-order valence-corrected chi connectivity index (χ1v) is 7.04. The minimum absolute atomic E-state index is 0.263. The van der Waals surface area contributed by atoms with Gasteiger partial charge in [0.25, 0.3) is 5.91 Å². The summed E-state index contributed by atoms with van der Waals surface area (Å²) in [6.07, 6.45) is -0.934. The third kappa shape index (κ3) is 4.39. The quantitative estimate of drug-likeness (QED) is 0.819. The van der Waals surface area contributed by atoms with Gasteiger partial charge >= 0.3 is 6.03 Å². The molecule has 0 unspecified atom stereocenters. The van der Waals surface area contributed by atoms with Crippen LogP contribution in [-0.4, -0.2) is 23.8 Å². The number of hydrogen-bond acceptors (Lipinski definition) is 4. The number of nitrogens with two attached hydrogens (primary N) is 1. The van der Waals surface area contributed by atoms with Crippen molar-refractivity contribution in [2.45, 2.75) is 13.0 Å². The van der Waals surface area contributed by atoms with E-state index >= 15 is 0 Å². The van der Waals surface area contributed by atoms with Crippen LogP contribution in [-0.2, 0) is 4.79 Å². The van der Waals surface area contributed by atoms with Crippen LogP contribution in [0.25, 0.3) is 0 Å². The molecule has 0 aliphatic heterocycles. The van der Waals surface area contributed by atoms with Gasteiger partial charge in [-0.1, -0.05) is 0 Å². The first-order valence-electron chi connectivity index (χ1n) is 7.04. The number of ether oxygens (including phenoxy) is 1. The largest absolute Gasteiger partial charge is 0.481 e. The van der Waals surface area contributed by atoms with Crippen LogP contribution < -0.4 is 15.8 Å². The molecule has 0 aliphatic carbocycles. The van der Waals surface area contributed by atoms with Gasteiger partial charge in [0.15, 0.2) is 11.9 Å². The van der Waals surface area contributed by atoms with Gasteiger partial charge in [0.1, 0.15) is 11.6 Å².